The zero-order valence-electron chi connectivity index (χ0n) is 16.5. The monoisotopic (exact) mass is 412 g/mol. The lowest BCUT2D eigenvalue weighted by atomic mass is 10.2. The van der Waals surface area contributed by atoms with E-state index in [0.717, 1.165) is 60.7 Å². The van der Waals surface area contributed by atoms with Gasteiger partial charge in [-0.1, -0.05) is 24.3 Å². The first-order valence-corrected chi connectivity index (χ1v) is 9.62. The standard InChI is InChI=1S/C22H24N2O6/c25-23(26)15-13-19-5-9-21(10-6-19)29-17-3-1-2-4-18-30-22-11-7-20(8-12-22)14-16-24(27)28/h5-16H,1-4,17-18H2. The van der Waals surface area contributed by atoms with Gasteiger partial charge in [0.05, 0.1) is 23.1 Å². The molecule has 8 heteroatoms. The average Bonchev–Trinajstić information content (AvgIpc) is 2.74. The van der Waals surface area contributed by atoms with Gasteiger partial charge in [-0.2, -0.15) is 0 Å². The molecule has 0 saturated heterocycles. The van der Waals surface area contributed by atoms with E-state index in [0.29, 0.717) is 13.2 Å². The minimum Gasteiger partial charge on any atom is -0.494 e. The summed E-state index contributed by atoms with van der Waals surface area (Å²) < 4.78 is 11.3. The maximum absolute atomic E-state index is 10.3. The van der Waals surface area contributed by atoms with Crippen molar-refractivity contribution in [2.45, 2.75) is 25.7 Å². The molecular weight excluding hydrogens is 388 g/mol. The molecule has 0 radical (unpaired) electrons. The molecule has 0 atom stereocenters. The van der Waals surface area contributed by atoms with Crippen molar-refractivity contribution in [3.8, 4) is 11.5 Å². The van der Waals surface area contributed by atoms with E-state index in [1.54, 1.807) is 48.5 Å². The number of nitrogens with zero attached hydrogens (tertiary/aromatic N) is 2. The van der Waals surface area contributed by atoms with E-state index in [9.17, 15) is 20.2 Å². The molecule has 0 aliphatic carbocycles. The first-order chi connectivity index (χ1) is 14.5. The molecule has 0 aromatic heterocycles. The van der Waals surface area contributed by atoms with Crippen LogP contribution in [0.25, 0.3) is 12.2 Å². The highest BCUT2D eigenvalue weighted by molar-refractivity contribution is 5.50. The van der Waals surface area contributed by atoms with Crippen molar-refractivity contribution in [3.05, 3.63) is 92.3 Å². The van der Waals surface area contributed by atoms with E-state index in [-0.39, 0.29) is 0 Å². The van der Waals surface area contributed by atoms with Crippen LogP contribution in [0.15, 0.2) is 60.9 Å². The summed E-state index contributed by atoms with van der Waals surface area (Å²) in [5.41, 5.74) is 1.50. The van der Waals surface area contributed by atoms with Gasteiger partial charge in [-0.3, -0.25) is 20.2 Å². The molecular formula is C22H24N2O6. The highest BCUT2D eigenvalue weighted by atomic mass is 16.6. The molecule has 0 amide bonds. The first kappa shape index (κ1) is 22.6. The summed E-state index contributed by atoms with van der Waals surface area (Å²) in [4.78, 5) is 19.6. The second kappa shape index (κ2) is 12.7. The van der Waals surface area contributed by atoms with Gasteiger partial charge in [0.15, 0.2) is 0 Å². The zero-order valence-corrected chi connectivity index (χ0v) is 16.5. The largest absolute Gasteiger partial charge is 0.494 e. The Morgan fingerprint density at radius 3 is 1.33 bits per heavy atom. The fourth-order valence-corrected chi connectivity index (χ4v) is 2.58. The minimum absolute atomic E-state index is 0.495. The van der Waals surface area contributed by atoms with Crippen LogP contribution in [0.5, 0.6) is 11.5 Å². The molecule has 0 aliphatic heterocycles. The number of hydrogen-bond acceptors (Lipinski definition) is 6. The summed E-state index contributed by atoms with van der Waals surface area (Å²) in [6, 6.07) is 14.3. The molecule has 2 aromatic carbocycles. The van der Waals surface area contributed by atoms with Gasteiger partial charge in [-0.05, 0) is 61.1 Å². The quantitative estimate of drug-likeness (QED) is 0.254. The number of hydrogen-bond donors (Lipinski definition) is 0. The molecule has 0 heterocycles. The maximum atomic E-state index is 10.3. The van der Waals surface area contributed by atoms with Crippen LogP contribution in [-0.4, -0.2) is 23.1 Å². The Bertz CT molecular complexity index is 787. The topological polar surface area (TPSA) is 105 Å². The SMILES string of the molecule is O=[N+]([O-])C=Cc1ccc(OCCCCCCOc2ccc(C=C[N+](=O)[O-])cc2)cc1. The zero-order chi connectivity index (χ0) is 21.6. The average molecular weight is 412 g/mol. The van der Waals surface area contributed by atoms with Gasteiger partial charge < -0.3 is 9.47 Å². The van der Waals surface area contributed by atoms with Gasteiger partial charge in [0.1, 0.15) is 11.5 Å². The summed E-state index contributed by atoms with van der Waals surface area (Å²) >= 11 is 0. The van der Waals surface area contributed by atoms with E-state index in [4.69, 9.17) is 9.47 Å². The van der Waals surface area contributed by atoms with Crippen molar-refractivity contribution in [1.29, 1.82) is 0 Å². The number of nitro groups is 2. The Hall–Kier alpha value is -3.68. The third-order valence-corrected chi connectivity index (χ3v) is 4.11. The molecule has 30 heavy (non-hydrogen) atoms. The molecule has 2 aromatic rings. The lowest BCUT2D eigenvalue weighted by molar-refractivity contribution is -0.401. The predicted octanol–water partition coefficient (Wildman–Crippen LogP) is 5.20. The second-order valence-corrected chi connectivity index (χ2v) is 6.45. The summed E-state index contributed by atoms with van der Waals surface area (Å²) in [5, 5.41) is 20.6. The van der Waals surface area contributed by atoms with Crippen molar-refractivity contribution < 1.29 is 19.3 Å². The predicted molar refractivity (Wildman–Crippen MR) is 114 cm³/mol. The van der Waals surface area contributed by atoms with E-state index < -0.39 is 9.85 Å². The summed E-state index contributed by atoms with van der Waals surface area (Å²) in [6.45, 7) is 1.23. The van der Waals surface area contributed by atoms with Crippen molar-refractivity contribution in [2.75, 3.05) is 13.2 Å². The number of rotatable bonds is 13. The molecule has 0 bridgehead atoms. The van der Waals surface area contributed by atoms with Crippen molar-refractivity contribution in [1.82, 2.24) is 0 Å². The Balaban J connectivity index is 1.54. The van der Waals surface area contributed by atoms with Crippen LogP contribution < -0.4 is 9.47 Å². The molecule has 0 N–H and O–H groups in total. The Kier molecular flexibility index (Phi) is 9.58. The van der Waals surface area contributed by atoms with Crippen LogP contribution in [-0.2, 0) is 0 Å². The normalized spacial score (nSPS) is 11.1. The lowest BCUT2D eigenvalue weighted by Crippen LogP contribution is -2.00. The van der Waals surface area contributed by atoms with Crippen LogP contribution in [0.4, 0.5) is 0 Å². The highest BCUT2D eigenvalue weighted by Crippen LogP contribution is 2.15. The van der Waals surface area contributed by atoms with Crippen LogP contribution in [0.3, 0.4) is 0 Å². The smallest absolute Gasteiger partial charge is 0.235 e. The minimum atomic E-state index is -0.495. The van der Waals surface area contributed by atoms with Gasteiger partial charge in [-0.15, -0.1) is 0 Å². The van der Waals surface area contributed by atoms with Gasteiger partial charge >= 0.3 is 0 Å². The fraction of sp³-hybridized carbons (Fsp3) is 0.273. The third kappa shape index (κ3) is 9.50. The van der Waals surface area contributed by atoms with Crippen LogP contribution >= 0.6 is 0 Å². The summed E-state index contributed by atoms with van der Waals surface area (Å²) in [7, 11) is 0. The van der Waals surface area contributed by atoms with E-state index in [1.165, 1.54) is 12.2 Å². The third-order valence-electron chi connectivity index (χ3n) is 4.11. The summed E-state index contributed by atoms with van der Waals surface area (Å²) in [5.74, 6) is 1.49. The molecule has 0 aliphatic rings. The summed E-state index contributed by atoms with van der Waals surface area (Å²) in [6.07, 6.45) is 8.61. The molecule has 0 spiro atoms. The molecule has 8 nitrogen and oxygen atoms in total. The van der Waals surface area contributed by atoms with Gasteiger partial charge in [-0.25, -0.2) is 0 Å². The maximum Gasteiger partial charge on any atom is 0.235 e. The Morgan fingerprint density at radius 2 is 1.00 bits per heavy atom. The van der Waals surface area contributed by atoms with Crippen molar-refractivity contribution in [2.24, 2.45) is 0 Å². The number of ether oxygens (including phenoxy) is 2. The van der Waals surface area contributed by atoms with Crippen molar-refractivity contribution >= 4 is 12.2 Å². The second-order valence-electron chi connectivity index (χ2n) is 6.45. The van der Waals surface area contributed by atoms with E-state index >= 15 is 0 Å². The molecule has 0 saturated carbocycles. The fourth-order valence-electron chi connectivity index (χ4n) is 2.58. The van der Waals surface area contributed by atoms with E-state index in [1.807, 2.05) is 0 Å². The first-order valence-electron chi connectivity index (χ1n) is 9.62. The Morgan fingerprint density at radius 1 is 0.633 bits per heavy atom. The number of unbranched alkanes of at least 4 members (excludes halogenated alkanes) is 3. The van der Waals surface area contributed by atoms with Crippen LogP contribution in [0.1, 0.15) is 36.8 Å². The van der Waals surface area contributed by atoms with Gasteiger partial charge in [0.2, 0.25) is 12.4 Å². The van der Waals surface area contributed by atoms with Crippen molar-refractivity contribution in [3.63, 3.8) is 0 Å². The lowest BCUT2D eigenvalue weighted by Gasteiger charge is -2.08. The van der Waals surface area contributed by atoms with Crippen LogP contribution in [0.2, 0.25) is 0 Å². The molecule has 2 rings (SSSR count). The Labute approximate surface area is 174 Å². The van der Waals surface area contributed by atoms with E-state index in [2.05, 4.69) is 0 Å². The number of benzene rings is 2. The molecule has 158 valence electrons. The van der Waals surface area contributed by atoms with Crippen LogP contribution in [0, 0.1) is 20.2 Å². The molecule has 0 unspecified atom stereocenters. The molecule has 0 fully saturated rings. The van der Waals surface area contributed by atoms with Gasteiger partial charge in [0, 0.05) is 12.2 Å². The van der Waals surface area contributed by atoms with Gasteiger partial charge in [0.25, 0.3) is 0 Å². The highest BCUT2D eigenvalue weighted by Gasteiger charge is 1.98.